The maximum Gasteiger partial charge on any atom is 0.326 e. The van der Waals surface area contributed by atoms with Crippen molar-refractivity contribution in [2.45, 2.75) is 60.4 Å². The van der Waals surface area contributed by atoms with Gasteiger partial charge in [0.2, 0.25) is 0 Å². The molecule has 2 aromatic heterocycles. The van der Waals surface area contributed by atoms with Gasteiger partial charge in [-0.3, -0.25) is 14.2 Å². The Bertz CT molecular complexity index is 704. The van der Waals surface area contributed by atoms with E-state index >= 15 is 0 Å². The maximum absolute atomic E-state index is 12.4. The predicted octanol–water partition coefficient (Wildman–Crippen LogP) is 3.56. The lowest BCUT2D eigenvalue weighted by atomic mass is 10.2. The van der Waals surface area contributed by atoms with Crippen molar-refractivity contribution in [1.29, 1.82) is 0 Å². The normalized spacial score (nSPS) is 11.9. The monoisotopic (exact) mass is 338 g/mol. The largest absolute Gasteiger partial charge is 0.465 e. The zero-order valence-corrected chi connectivity index (χ0v) is 15.5. The van der Waals surface area contributed by atoms with Gasteiger partial charge in [0.05, 0.1) is 18.3 Å². The van der Waals surface area contributed by atoms with Crippen LogP contribution in [0.25, 0.3) is 10.2 Å². The number of hydrogen-bond donors (Lipinski definition) is 0. The fourth-order valence-electron chi connectivity index (χ4n) is 2.48. The van der Waals surface area contributed by atoms with Crippen LogP contribution in [0.3, 0.4) is 0 Å². The Hall–Kier alpha value is -1.69. The summed E-state index contributed by atoms with van der Waals surface area (Å²) in [5, 5.41) is 0.698. The van der Waals surface area contributed by atoms with Crippen molar-refractivity contribution in [3.63, 3.8) is 0 Å². The first-order valence-corrected chi connectivity index (χ1v) is 9.17. The Morgan fingerprint density at radius 2 is 2.00 bits per heavy atom. The molecule has 1 aliphatic carbocycles. The lowest BCUT2D eigenvalue weighted by Crippen LogP contribution is -2.25. The van der Waals surface area contributed by atoms with Gasteiger partial charge < -0.3 is 4.74 Å². The zero-order valence-electron chi connectivity index (χ0n) is 14.6. The number of rotatable bonds is 3. The average Bonchev–Trinajstić information content (AvgIpc) is 3.15. The van der Waals surface area contributed by atoms with Crippen LogP contribution in [0.15, 0.2) is 11.1 Å². The minimum atomic E-state index is -0.405. The number of ether oxygens (including phenoxy) is 1. The molecule has 5 nitrogen and oxygen atoms in total. The Labute approximate surface area is 141 Å². The highest BCUT2D eigenvalue weighted by molar-refractivity contribution is 7.18. The number of carbonyl (C=O) groups excluding carboxylic acids is 1. The highest BCUT2D eigenvalue weighted by Crippen LogP contribution is 2.34. The van der Waals surface area contributed by atoms with Crippen LogP contribution >= 0.6 is 11.3 Å². The molecule has 0 saturated carbocycles. The molecule has 2 heterocycles. The quantitative estimate of drug-likeness (QED) is 0.803. The van der Waals surface area contributed by atoms with Gasteiger partial charge in [0.25, 0.3) is 5.56 Å². The van der Waals surface area contributed by atoms with Crippen molar-refractivity contribution in [3.8, 4) is 0 Å². The molecule has 3 rings (SSSR count). The molecule has 0 N–H and O–H groups in total. The minimum absolute atomic E-state index is 0.0692. The molecule has 128 valence electrons. The van der Waals surface area contributed by atoms with E-state index in [1.165, 1.54) is 15.8 Å². The summed E-state index contributed by atoms with van der Waals surface area (Å²) in [5.41, 5.74) is 1.01. The molecule has 0 spiro atoms. The van der Waals surface area contributed by atoms with Gasteiger partial charge in [-0.15, -0.1) is 11.3 Å². The van der Waals surface area contributed by atoms with Crippen molar-refractivity contribution in [3.05, 3.63) is 27.1 Å². The van der Waals surface area contributed by atoms with Gasteiger partial charge in [0.1, 0.15) is 11.4 Å². The van der Waals surface area contributed by atoms with Crippen molar-refractivity contribution < 1.29 is 9.53 Å². The van der Waals surface area contributed by atoms with Crippen LogP contribution in [-0.2, 0) is 28.9 Å². The van der Waals surface area contributed by atoms with Gasteiger partial charge in [-0.2, -0.15) is 0 Å². The summed E-state index contributed by atoms with van der Waals surface area (Å²) in [4.78, 5) is 30.2. The van der Waals surface area contributed by atoms with E-state index < -0.39 is 5.97 Å². The Morgan fingerprint density at radius 3 is 2.65 bits per heavy atom. The van der Waals surface area contributed by atoms with Gasteiger partial charge in [-0.05, 0) is 31.7 Å². The third kappa shape index (κ3) is 4.19. The van der Waals surface area contributed by atoms with Crippen LogP contribution in [-0.4, -0.2) is 22.1 Å². The summed E-state index contributed by atoms with van der Waals surface area (Å²) in [6, 6.07) is 0. The SMILES string of the molecule is CC.CC.CCOC(=O)Cn1cnc2sc3c(c2c1=O)CCC3. The summed E-state index contributed by atoms with van der Waals surface area (Å²) in [6.45, 7) is 9.99. The molecule has 1 aliphatic rings. The Kier molecular flexibility index (Phi) is 7.95. The van der Waals surface area contributed by atoms with Crippen LogP contribution in [0.4, 0.5) is 0 Å². The first-order chi connectivity index (χ1) is 11.2. The van der Waals surface area contributed by atoms with Crippen molar-refractivity contribution in [2.75, 3.05) is 6.61 Å². The Morgan fingerprint density at radius 1 is 1.30 bits per heavy atom. The van der Waals surface area contributed by atoms with E-state index in [0.717, 1.165) is 29.7 Å². The molecule has 23 heavy (non-hydrogen) atoms. The number of aromatic nitrogens is 2. The number of fused-ring (bicyclic) bond motifs is 3. The lowest BCUT2D eigenvalue weighted by Gasteiger charge is -2.05. The average molecular weight is 338 g/mol. The number of esters is 1. The number of nitrogens with zero attached hydrogens (tertiary/aromatic N) is 2. The van der Waals surface area contributed by atoms with Gasteiger partial charge in [0, 0.05) is 4.88 Å². The van der Waals surface area contributed by atoms with E-state index in [-0.39, 0.29) is 12.1 Å². The van der Waals surface area contributed by atoms with Crippen molar-refractivity contribution in [2.24, 2.45) is 0 Å². The molecule has 0 bridgehead atoms. The molecule has 0 aromatic carbocycles. The third-order valence-electron chi connectivity index (χ3n) is 3.30. The maximum atomic E-state index is 12.4. The van der Waals surface area contributed by atoms with Crippen LogP contribution in [0.5, 0.6) is 0 Å². The summed E-state index contributed by atoms with van der Waals surface area (Å²) in [6.07, 6.45) is 4.51. The fourth-order valence-corrected chi connectivity index (χ4v) is 3.70. The number of hydrogen-bond acceptors (Lipinski definition) is 5. The van der Waals surface area contributed by atoms with Gasteiger partial charge in [0.15, 0.2) is 0 Å². The standard InChI is InChI=1S/C13H14N2O3S.2C2H6/c1-2-18-10(16)6-15-7-14-12-11(13(15)17)8-4-3-5-9(8)19-12;2*1-2/h7H,2-6H2,1H3;2*1-2H3. The summed E-state index contributed by atoms with van der Waals surface area (Å²) in [7, 11) is 0. The van der Waals surface area contributed by atoms with E-state index in [1.807, 2.05) is 27.7 Å². The molecular weight excluding hydrogens is 312 g/mol. The molecule has 0 amide bonds. The van der Waals surface area contributed by atoms with Crippen LogP contribution < -0.4 is 5.56 Å². The molecular formula is C17H26N2O3S. The smallest absolute Gasteiger partial charge is 0.326 e. The first kappa shape index (κ1) is 19.4. The molecule has 0 aliphatic heterocycles. The number of aryl methyl sites for hydroxylation is 2. The van der Waals surface area contributed by atoms with E-state index in [4.69, 9.17) is 4.74 Å². The molecule has 0 fully saturated rings. The predicted molar refractivity (Wildman–Crippen MR) is 95.2 cm³/mol. The van der Waals surface area contributed by atoms with Crippen molar-refractivity contribution in [1.82, 2.24) is 9.55 Å². The van der Waals surface area contributed by atoms with Gasteiger partial charge >= 0.3 is 5.97 Å². The van der Waals surface area contributed by atoms with Crippen molar-refractivity contribution >= 4 is 27.5 Å². The molecule has 0 radical (unpaired) electrons. The second-order valence-electron chi connectivity index (χ2n) is 4.52. The molecule has 2 aromatic rings. The van der Waals surface area contributed by atoms with Crippen LogP contribution in [0, 0.1) is 0 Å². The topological polar surface area (TPSA) is 61.2 Å². The number of carbonyl (C=O) groups is 1. The van der Waals surface area contributed by atoms with E-state index in [1.54, 1.807) is 18.3 Å². The van der Waals surface area contributed by atoms with Crippen LogP contribution in [0.1, 0.15) is 51.5 Å². The summed E-state index contributed by atoms with van der Waals surface area (Å²) < 4.78 is 6.20. The second kappa shape index (κ2) is 9.45. The molecule has 0 atom stereocenters. The third-order valence-corrected chi connectivity index (χ3v) is 4.50. The zero-order chi connectivity index (χ0) is 17.4. The van der Waals surface area contributed by atoms with E-state index in [2.05, 4.69) is 4.98 Å². The van der Waals surface area contributed by atoms with Crippen LogP contribution in [0.2, 0.25) is 0 Å². The highest BCUT2D eigenvalue weighted by Gasteiger charge is 2.21. The fraction of sp³-hybridized carbons (Fsp3) is 0.588. The van der Waals surface area contributed by atoms with E-state index in [0.29, 0.717) is 12.0 Å². The summed E-state index contributed by atoms with van der Waals surface area (Å²) in [5.74, 6) is -0.405. The minimum Gasteiger partial charge on any atom is -0.465 e. The second-order valence-corrected chi connectivity index (χ2v) is 5.60. The van der Waals surface area contributed by atoms with Gasteiger partial charge in [-0.25, -0.2) is 4.98 Å². The Balaban J connectivity index is 0.000000615. The highest BCUT2D eigenvalue weighted by atomic mass is 32.1. The van der Waals surface area contributed by atoms with E-state index in [9.17, 15) is 9.59 Å². The molecule has 0 unspecified atom stereocenters. The number of thiophene rings is 1. The molecule has 0 saturated heterocycles. The first-order valence-electron chi connectivity index (χ1n) is 8.36. The van der Waals surface area contributed by atoms with Gasteiger partial charge in [-0.1, -0.05) is 27.7 Å². The lowest BCUT2D eigenvalue weighted by molar-refractivity contribution is -0.143. The molecule has 6 heteroatoms. The summed E-state index contributed by atoms with van der Waals surface area (Å²) >= 11 is 1.60.